The molecule has 0 radical (unpaired) electrons. The van der Waals surface area contributed by atoms with Crippen molar-refractivity contribution in [1.82, 2.24) is 9.88 Å². The molecule has 1 aliphatic rings. The van der Waals surface area contributed by atoms with E-state index in [9.17, 15) is 10.2 Å². The van der Waals surface area contributed by atoms with Crippen LogP contribution in [0, 0.1) is 6.92 Å². The molecule has 1 unspecified atom stereocenters. The number of allylic oxidation sites excluding steroid dienone is 1. The number of aryl methyl sites for hydroxylation is 1. The number of aliphatic hydroxyl groups excluding tert-OH is 2. The zero-order valence-electron chi connectivity index (χ0n) is 11.2. The topological polar surface area (TPSA) is 69.0 Å². The first-order chi connectivity index (χ1) is 9.15. The average molecular weight is 261 g/mol. The number of hydrogen-bond donors (Lipinski definition) is 2. The summed E-state index contributed by atoms with van der Waals surface area (Å²) in [5.41, 5.74) is 1.81. The normalized spacial score (nSPS) is 19.1. The molecular formula is C14H19N3O2. The van der Waals surface area contributed by atoms with Crippen LogP contribution < -0.4 is 0 Å². The molecule has 0 bridgehead atoms. The molecule has 0 spiro atoms. The van der Waals surface area contributed by atoms with Gasteiger partial charge in [-0.2, -0.15) is 0 Å². The van der Waals surface area contributed by atoms with Crippen molar-refractivity contribution in [2.45, 2.75) is 32.9 Å². The smallest absolute Gasteiger partial charge is 0.234 e. The molecule has 0 amide bonds. The summed E-state index contributed by atoms with van der Waals surface area (Å²) in [6.45, 7) is 4.67. The molecule has 19 heavy (non-hydrogen) atoms. The first kappa shape index (κ1) is 13.4. The molecule has 2 rings (SSSR count). The van der Waals surface area contributed by atoms with E-state index in [4.69, 9.17) is 0 Å². The molecule has 1 atom stereocenters. The maximum absolute atomic E-state index is 10.0. The molecular weight excluding hydrogens is 242 g/mol. The van der Waals surface area contributed by atoms with Crippen LogP contribution in [-0.2, 0) is 0 Å². The van der Waals surface area contributed by atoms with E-state index in [2.05, 4.69) is 16.9 Å². The average Bonchev–Trinajstić information content (AvgIpc) is 2.41. The van der Waals surface area contributed by atoms with Gasteiger partial charge in [-0.3, -0.25) is 9.98 Å². The van der Waals surface area contributed by atoms with Gasteiger partial charge in [0.15, 0.2) is 11.9 Å². The molecule has 5 nitrogen and oxygen atoms in total. The van der Waals surface area contributed by atoms with Crippen LogP contribution in [0.25, 0.3) is 0 Å². The van der Waals surface area contributed by atoms with E-state index in [0.29, 0.717) is 6.54 Å². The van der Waals surface area contributed by atoms with Crippen LogP contribution in [-0.4, -0.2) is 32.9 Å². The Bertz CT molecular complexity index is 511. The van der Waals surface area contributed by atoms with E-state index < -0.39 is 0 Å². The van der Waals surface area contributed by atoms with Gasteiger partial charge in [0.2, 0.25) is 5.88 Å². The summed E-state index contributed by atoms with van der Waals surface area (Å²) in [6, 6.07) is 3.83. The van der Waals surface area contributed by atoms with Crippen molar-refractivity contribution in [2.75, 3.05) is 6.54 Å². The van der Waals surface area contributed by atoms with Crippen molar-refractivity contribution in [3.63, 3.8) is 0 Å². The van der Waals surface area contributed by atoms with Gasteiger partial charge in [0, 0.05) is 12.7 Å². The highest BCUT2D eigenvalue weighted by Crippen LogP contribution is 2.29. The van der Waals surface area contributed by atoms with Crippen LogP contribution in [0.2, 0.25) is 0 Å². The third kappa shape index (κ3) is 2.70. The number of hydrogen-bond acceptors (Lipinski definition) is 5. The van der Waals surface area contributed by atoms with Gasteiger partial charge in [-0.05, 0) is 25.0 Å². The fourth-order valence-electron chi connectivity index (χ4n) is 2.09. The molecule has 0 aromatic carbocycles. The minimum Gasteiger partial charge on any atom is -0.502 e. The molecule has 1 aromatic heterocycles. The molecule has 0 aliphatic carbocycles. The molecule has 2 N–H and O–H groups in total. The highest BCUT2D eigenvalue weighted by atomic mass is 16.3. The molecule has 102 valence electrons. The molecule has 1 aromatic rings. The Kier molecular flexibility index (Phi) is 4.04. The summed E-state index contributed by atoms with van der Waals surface area (Å²) in [7, 11) is 0. The second-order valence-electron chi connectivity index (χ2n) is 4.61. The Morgan fingerprint density at radius 2 is 2.16 bits per heavy atom. The summed E-state index contributed by atoms with van der Waals surface area (Å²) in [6.07, 6.45) is 4.54. The minimum absolute atomic E-state index is 0.126. The second-order valence-corrected chi connectivity index (χ2v) is 4.61. The highest BCUT2D eigenvalue weighted by Gasteiger charge is 2.28. The third-order valence-electron chi connectivity index (χ3n) is 3.18. The van der Waals surface area contributed by atoms with Gasteiger partial charge in [-0.15, -0.1) is 0 Å². The van der Waals surface area contributed by atoms with Crippen molar-refractivity contribution in [3.8, 4) is 0 Å². The predicted octanol–water partition coefficient (Wildman–Crippen LogP) is 2.86. The Hall–Kier alpha value is -2.04. The van der Waals surface area contributed by atoms with Crippen LogP contribution in [0.15, 0.2) is 35.0 Å². The van der Waals surface area contributed by atoms with Crippen molar-refractivity contribution in [2.24, 2.45) is 4.99 Å². The van der Waals surface area contributed by atoms with Crippen LogP contribution in [0.5, 0.6) is 0 Å². The SMILES string of the molecule is CCCCN1C(O)=C(O)C=NC1c1ncccc1C. The first-order valence-electron chi connectivity index (χ1n) is 6.48. The van der Waals surface area contributed by atoms with E-state index in [1.54, 1.807) is 11.1 Å². The zero-order chi connectivity index (χ0) is 13.8. The van der Waals surface area contributed by atoms with Crippen molar-refractivity contribution >= 4 is 6.21 Å². The lowest BCUT2D eigenvalue weighted by atomic mass is 10.1. The summed E-state index contributed by atoms with van der Waals surface area (Å²) in [5, 5.41) is 19.6. The lowest BCUT2D eigenvalue weighted by molar-refractivity contribution is 0.128. The number of pyridine rings is 1. The van der Waals surface area contributed by atoms with Crippen molar-refractivity contribution < 1.29 is 10.2 Å². The lowest BCUT2D eigenvalue weighted by Gasteiger charge is -2.32. The van der Waals surface area contributed by atoms with Gasteiger partial charge in [0.1, 0.15) is 0 Å². The van der Waals surface area contributed by atoms with E-state index in [0.717, 1.165) is 24.1 Å². The standard InChI is InChI=1S/C14H19N3O2/c1-3-4-8-17-13(16-9-11(18)14(17)19)12-10(2)6-5-7-15-12/h5-7,9,13,18-19H,3-4,8H2,1-2H3. The summed E-state index contributed by atoms with van der Waals surface area (Å²) >= 11 is 0. The number of unbranched alkanes of at least 4 members (excludes halogenated alkanes) is 1. The largest absolute Gasteiger partial charge is 0.502 e. The molecule has 0 saturated heterocycles. The van der Waals surface area contributed by atoms with E-state index >= 15 is 0 Å². The number of rotatable bonds is 4. The fourth-order valence-corrected chi connectivity index (χ4v) is 2.09. The Morgan fingerprint density at radius 1 is 1.37 bits per heavy atom. The zero-order valence-corrected chi connectivity index (χ0v) is 11.2. The highest BCUT2D eigenvalue weighted by molar-refractivity contribution is 5.77. The van der Waals surface area contributed by atoms with Gasteiger partial charge in [0.25, 0.3) is 0 Å². The maximum Gasteiger partial charge on any atom is 0.234 e. The van der Waals surface area contributed by atoms with Gasteiger partial charge in [-0.1, -0.05) is 19.4 Å². The molecule has 5 heteroatoms. The fraction of sp³-hybridized carbons (Fsp3) is 0.429. The summed E-state index contributed by atoms with van der Waals surface area (Å²) < 4.78 is 0. The molecule has 0 saturated carbocycles. The van der Waals surface area contributed by atoms with Crippen LogP contribution in [0.4, 0.5) is 0 Å². The third-order valence-corrected chi connectivity index (χ3v) is 3.18. The maximum atomic E-state index is 10.0. The Labute approximate surface area is 112 Å². The van der Waals surface area contributed by atoms with Gasteiger partial charge in [0.05, 0.1) is 11.9 Å². The van der Waals surface area contributed by atoms with Crippen molar-refractivity contribution in [1.29, 1.82) is 0 Å². The van der Waals surface area contributed by atoms with Crippen LogP contribution >= 0.6 is 0 Å². The van der Waals surface area contributed by atoms with Gasteiger partial charge >= 0.3 is 0 Å². The second kappa shape index (κ2) is 5.73. The van der Waals surface area contributed by atoms with Gasteiger partial charge < -0.3 is 15.1 Å². The van der Waals surface area contributed by atoms with E-state index in [-0.39, 0.29) is 17.8 Å². The molecule has 0 fully saturated rings. The quantitative estimate of drug-likeness (QED) is 0.874. The van der Waals surface area contributed by atoms with E-state index in [1.165, 1.54) is 6.21 Å². The van der Waals surface area contributed by atoms with Gasteiger partial charge in [-0.25, -0.2) is 0 Å². The lowest BCUT2D eigenvalue weighted by Crippen LogP contribution is -2.33. The Morgan fingerprint density at radius 3 is 2.84 bits per heavy atom. The summed E-state index contributed by atoms with van der Waals surface area (Å²) in [4.78, 5) is 10.3. The van der Waals surface area contributed by atoms with Crippen LogP contribution in [0.3, 0.4) is 0 Å². The Balaban J connectivity index is 2.33. The number of aromatic nitrogens is 1. The minimum atomic E-state index is -0.372. The number of nitrogens with zero attached hydrogens (tertiary/aromatic N) is 3. The summed E-state index contributed by atoms with van der Waals surface area (Å²) in [5.74, 6) is -0.320. The first-order valence-corrected chi connectivity index (χ1v) is 6.48. The van der Waals surface area contributed by atoms with Crippen molar-refractivity contribution in [3.05, 3.63) is 41.2 Å². The monoisotopic (exact) mass is 261 g/mol. The predicted molar refractivity (Wildman–Crippen MR) is 74.1 cm³/mol. The molecule has 2 heterocycles. The van der Waals surface area contributed by atoms with E-state index in [1.807, 2.05) is 19.1 Å². The molecule has 1 aliphatic heterocycles. The van der Waals surface area contributed by atoms with Crippen LogP contribution in [0.1, 0.15) is 37.2 Å². The number of aliphatic hydroxyl groups is 2. The number of aliphatic imine (C=N–C) groups is 1.